The molecule has 0 bridgehead atoms. The van der Waals surface area contributed by atoms with Gasteiger partial charge in [0, 0.05) is 56.0 Å². The van der Waals surface area contributed by atoms with E-state index in [1.165, 1.54) is 16.2 Å². The molecule has 2 atom stereocenters. The van der Waals surface area contributed by atoms with Gasteiger partial charge < -0.3 is 25.0 Å². The summed E-state index contributed by atoms with van der Waals surface area (Å²) in [5.41, 5.74) is 7.84. The van der Waals surface area contributed by atoms with Gasteiger partial charge in [-0.05, 0) is 44.2 Å². The lowest BCUT2D eigenvalue weighted by Crippen LogP contribution is -2.59. The number of nitrogens with zero attached hydrogens (tertiary/aromatic N) is 7. The van der Waals surface area contributed by atoms with Crippen molar-refractivity contribution < 1.29 is 13.9 Å². The Hall–Kier alpha value is -3.19. The number of ether oxygens (including phenoxy) is 2. The average Bonchev–Trinajstić information content (AvgIpc) is 3.58. The number of fused-ring (bicyclic) bond motifs is 3. The van der Waals surface area contributed by atoms with Gasteiger partial charge in [-0.25, -0.2) is 9.24 Å². The molecule has 12 heteroatoms. The van der Waals surface area contributed by atoms with E-state index < -0.39 is 6.17 Å². The van der Waals surface area contributed by atoms with Crippen LogP contribution in [-0.2, 0) is 16.6 Å². The summed E-state index contributed by atoms with van der Waals surface area (Å²) in [5, 5.41) is 10.4. The smallest absolute Gasteiger partial charge is 0.317 e. The van der Waals surface area contributed by atoms with Crippen molar-refractivity contribution in [3.63, 3.8) is 0 Å². The Balaban J connectivity index is 1.22. The number of aryl methyl sites for hydroxylation is 1. The summed E-state index contributed by atoms with van der Waals surface area (Å²) in [6.45, 7) is 13.7. The highest BCUT2D eigenvalue weighted by Gasteiger charge is 2.53. The predicted molar refractivity (Wildman–Crippen MR) is 150 cm³/mol. The minimum Gasteiger partial charge on any atom is -0.461 e. The minimum atomic E-state index is -0.837. The molecule has 2 aromatic rings. The zero-order valence-corrected chi connectivity index (χ0v) is 23.3. The van der Waals surface area contributed by atoms with Crippen molar-refractivity contribution in [1.29, 1.82) is 5.26 Å². The van der Waals surface area contributed by atoms with E-state index in [1.54, 1.807) is 0 Å². The van der Waals surface area contributed by atoms with Crippen LogP contribution in [0.4, 0.5) is 26.7 Å². The molecule has 0 radical (unpaired) electrons. The number of halogens is 1. The molecule has 6 heterocycles. The molecule has 0 saturated carbocycles. The van der Waals surface area contributed by atoms with Crippen LogP contribution in [0.25, 0.3) is 4.85 Å². The summed E-state index contributed by atoms with van der Waals surface area (Å²) in [5.74, 6) is 1.14. The van der Waals surface area contributed by atoms with Gasteiger partial charge in [-0.2, -0.15) is 15.2 Å². The van der Waals surface area contributed by atoms with Crippen LogP contribution in [0.3, 0.4) is 0 Å². The summed E-state index contributed by atoms with van der Waals surface area (Å²) in [7, 11) is 0. The predicted octanol–water partition coefficient (Wildman–Crippen LogP) is 3.43. The highest BCUT2D eigenvalue weighted by Crippen LogP contribution is 2.54. The third-order valence-electron chi connectivity index (χ3n) is 9.46. The number of aromatic nitrogens is 2. The van der Waals surface area contributed by atoms with Crippen LogP contribution in [0.5, 0.6) is 6.01 Å². The first-order chi connectivity index (χ1) is 19.4. The van der Waals surface area contributed by atoms with Crippen molar-refractivity contribution in [2.45, 2.75) is 55.7 Å². The molecule has 40 heavy (non-hydrogen) atoms. The standard InChI is InChI=1S/C28H33FN8O2S/c1-32-22-24(35-7-3-10-38-11-9-35)33-26(39-17-28-5-2-8-37(28)14-18(29)12-28)34-25(22)36-15-27(16-36)6-4-20-21(27)19(13-30)23(31)40-20/h18H,2-12,14-17,31H2/t18-,28+/m1/s1. The molecular formula is C28H33FN8O2S. The van der Waals surface area contributed by atoms with Gasteiger partial charge >= 0.3 is 6.01 Å². The molecule has 5 aliphatic rings. The molecule has 210 valence electrons. The molecule has 0 unspecified atom stereocenters. The van der Waals surface area contributed by atoms with Crippen LogP contribution in [0.2, 0.25) is 0 Å². The third kappa shape index (κ3) is 3.99. The Morgan fingerprint density at radius 1 is 1.18 bits per heavy atom. The van der Waals surface area contributed by atoms with Crippen molar-refractivity contribution in [2.24, 2.45) is 0 Å². The van der Waals surface area contributed by atoms with Gasteiger partial charge in [0.1, 0.15) is 35.5 Å². The quantitative estimate of drug-likeness (QED) is 0.547. The van der Waals surface area contributed by atoms with Gasteiger partial charge in [0.15, 0.2) is 0 Å². The highest BCUT2D eigenvalue weighted by atomic mass is 32.1. The van der Waals surface area contributed by atoms with Gasteiger partial charge in [-0.1, -0.05) is 0 Å². The van der Waals surface area contributed by atoms with E-state index in [2.05, 4.69) is 25.6 Å². The maximum atomic E-state index is 14.4. The maximum absolute atomic E-state index is 14.4. The summed E-state index contributed by atoms with van der Waals surface area (Å²) < 4.78 is 26.3. The maximum Gasteiger partial charge on any atom is 0.317 e. The number of hydrogen-bond acceptors (Lipinski definition) is 10. The molecule has 4 fully saturated rings. The number of hydrogen-bond donors (Lipinski definition) is 1. The van der Waals surface area contributed by atoms with Crippen LogP contribution < -0.4 is 20.3 Å². The Bertz CT molecular complexity index is 1400. The lowest BCUT2D eigenvalue weighted by atomic mass is 9.74. The van der Waals surface area contributed by atoms with Crippen LogP contribution in [0.15, 0.2) is 0 Å². The first-order valence-electron chi connectivity index (χ1n) is 14.2. The van der Waals surface area contributed by atoms with E-state index >= 15 is 0 Å². The van der Waals surface area contributed by atoms with Crippen molar-refractivity contribution in [2.75, 3.05) is 74.6 Å². The van der Waals surface area contributed by atoms with Crippen LogP contribution in [0, 0.1) is 17.9 Å². The number of nitrogens with two attached hydrogens (primary N) is 1. The number of anilines is 3. The number of alkyl halides is 1. The van der Waals surface area contributed by atoms with E-state index in [9.17, 15) is 9.65 Å². The fourth-order valence-corrected chi connectivity index (χ4v) is 8.74. The fourth-order valence-electron chi connectivity index (χ4n) is 7.60. The molecule has 4 saturated heterocycles. The SMILES string of the molecule is [C-]#[N+]c1c(N2CCCOCC2)nc(OC[C@@]23CCCN2C[C@H](F)C3)nc1N1CC2(CCc3sc(N)c(C#N)c32)C1. The molecule has 1 aliphatic carbocycles. The van der Waals surface area contributed by atoms with Crippen molar-refractivity contribution in [3.05, 3.63) is 27.4 Å². The van der Waals surface area contributed by atoms with Crippen molar-refractivity contribution in [3.8, 4) is 12.1 Å². The lowest BCUT2D eigenvalue weighted by molar-refractivity contribution is 0.107. The third-order valence-corrected chi connectivity index (χ3v) is 10.5. The van der Waals surface area contributed by atoms with Crippen LogP contribution >= 0.6 is 11.3 Å². The zero-order chi connectivity index (χ0) is 27.5. The average molecular weight is 565 g/mol. The van der Waals surface area contributed by atoms with E-state index in [0.29, 0.717) is 80.3 Å². The van der Waals surface area contributed by atoms with Crippen molar-refractivity contribution >= 4 is 33.7 Å². The molecule has 2 aromatic heterocycles. The Morgan fingerprint density at radius 3 is 2.80 bits per heavy atom. The van der Waals surface area contributed by atoms with Gasteiger partial charge in [0.2, 0.25) is 0 Å². The van der Waals surface area contributed by atoms with E-state index in [1.807, 2.05) is 0 Å². The van der Waals surface area contributed by atoms with Crippen LogP contribution in [-0.4, -0.2) is 85.7 Å². The molecule has 1 spiro atoms. The second kappa shape index (κ2) is 9.72. The number of nitriles is 1. The van der Waals surface area contributed by atoms with Crippen molar-refractivity contribution in [1.82, 2.24) is 14.9 Å². The topological polar surface area (TPSA) is 108 Å². The Morgan fingerprint density at radius 2 is 2.00 bits per heavy atom. The highest BCUT2D eigenvalue weighted by molar-refractivity contribution is 7.16. The summed E-state index contributed by atoms with van der Waals surface area (Å²) in [6.07, 6.45) is 4.29. The molecule has 10 nitrogen and oxygen atoms in total. The lowest BCUT2D eigenvalue weighted by Gasteiger charge is -2.50. The van der Waals surface area contributed by atoms with Gasteiger partial charge in [0.25, 0.3) is 5.69 Å². The summed E-state index contributed by atoms with van der Waals surface area (Å²) >= 11 is 1.53. The van der Waals surface area contributed by atoms with Gasteiger partial charge in [-0.15, -0.1) is 11.3 Å². The molecule has 2 N–H and O–H groups in total. The molecular weight excluding hydrogens is 531 g/mol. The fraction of sp³-hybridized carbons (Fsp3) is 0.643. The molecule has 0 aromatic carbocycles. The monoisotopic (exact) mass is 564 g/mol. The zero-order valence-electron chi connectivity index (χ0n) is 22.5. The normalized spacial score (nSPS) is 27.1. The van der Waals surface area contributed by atoms with E-state index in [-0.39, 0.29) is 17.0 Å². The first kappa shape index (κ1) is 25.8. The number of thiophene rings is 1. The number of nitrogen functional groups attached to an aromatic ring is 1. The Labute approximate surface area is 237 Å². The second-order valence-corrected chi connectivity index (χ2v) is 13.0. The van der Waals surface area contributed by atoms with E-state index in [4.69, 9.17) is 31.7 Å². The first-order valence-corrected chi connectivity index (χ1v) is 15.0. The molecule has 0 amide bonds. The minimum absolute atomic E-state index is 0.153. The summed E-state index contributed by atoms with van der Waals surface area (Å²) in [6, 6.07) is 2.56. The number of rotatable bonds is 5. The second-order valence-electron chi connectivity index (χ2n) is 11.8. The molecule has 7 rings (SSSR count). The van der Waals surface area contributed by atoms with E-state index in [0.717, 1.165) is 50.8 Å². The Kier molecular flexibility index (Phi) is 6.26. The van der Waals surface area contributed by atoms with Gasteiger partial charge in [-0.3, -0.25) is 4.90 Å². The molecule has 4 aliphatic heterocycles. The largest absolute Gasteiger partial charge is 0.461 e. The van der Waals surface area contributed by atoms with Crippen LogP contribution in [0.1, 0.15) is 48.1 Å². The summed E-state index contributed by atoms with van der Waals surface area (Å²) in [4.78, 5) is 21.2. The van der Waals surface area contributed by atoms with Gasteiger partial charge in [0.05, 0.1) is 24.3 Å².